The molecule has 3 atom stereocenters. The number of rotatable bonds is 11. The number of hydrogen-bond donors (Lipinski definition) is 5. The molecule has 1 saturated heterocycles. The molecule has 0 aliphatic carbocycles. The van der Waals surface area contributed by atoms with E-state index in [9.17, 15) is 29.1 Å². The highest BCUT2D eigenvalue weighted by Gasteiger charge is 2.55. The molecule has 2 aliphatic rings. The first kappa shape index (κ1) is 30.8. The first-order chi connectivity index (χ1) is 20.9. The Kier molecular flexibility index (Phi) is 8.49. The van der Waals surface area contributed by atoms with Crippen LogP contribution in [0.15, 0.2) is 47.0 Å². The molecule has 0 aromatic carbocycles. The molecule has 0 radical (unpaired) electrons. The maximum atomic E-state index is 13.3. The smallest absolute Gasteiger partial charge is 0.352 e. The van der Waals surface area contributed by atoms with Gasteiger partial charge < -0.3 is 36.4 Å². The van der Waals surface area contributed by atoms with E-state index in [2.05, 4.69) is 15.5 Å². The van der Waals surface area contributed by atoms with Gasteiger partial charge in [-0.05, 0) is 13.0 Å². The standard InChI is InChI=1S/C25H23ClN8O8S2/c1-10(23(38)39)42-31-16(15-19(26)44-25(28)30-15)20(36)29-17-21(37)34-18(24(40)41)11(9-43-22(17)34)7-32-5-2-3-12-13(32)4-6-33(12)8-14(27)35/h2-6,10,17,22H,7-9H2,1H3,(H6-,27,28,29,30,35,36,38,39,40,41)/p+1/b31-16-/t10-,17+,22+/m0/s1. The van der Waals surface area contributed by atoms with Crippen LogP contribution in [0.2, 0.25) is 4.34 Å². The summed E-state index contributed by atoms with van der Waals surface area (Å²) in [5.41, 5.74) is 12.0. The number of hydrogen-bond acceptors (Lipinski definition) is 11. The van der Waals surface area contributed by atoms with Gasteiger partial charge in [-0.15, -0.1) is 11.8 Å². The molecular formula is C25H24ClN8O8S2+. The molecule has 3 amide bonds. The van der Waals surface area contributed by atoms with Crippen LogP contribution in [0.5, 0.6) is 0 Å². The van der Waals surface area contributed by atoms with Crippen LogP contribution in [0.4, 0.5) is 5.13 Å². The number of carboxylic acid groups (broad SMARTS) is 2. The minimum Gasteiger partial charge on any atom is -0.478 e. The number of fused-ring (bicyclic) bond motifs is 2. The SMILES string of the molecule is C[C@H](O/N=C(\C(=O)N[C@@H]1C(=O)N2C(C(=O)O)=C(C[n+]3cccc4c3ccn4CC(N)=O)CS[C@H]12)c1nc(N)sc1Cl)C(=O)O. The molecule has 2 aliphatic heterocycles. The van der Waals surface area contributed by atoms with Gasteiger partial charge in [0.25, 0.3) is 11.8 Å². The van der Waals surface area contributed by atoms with Crippen molar-refractivity contribution in [2.24, 2.45) is 10.9 Å². The number of anilines is 1. The Balaban J connectivity index is 1.39. The highest BCUT2D eigenvalue weighted by molar-refractivity contribution is 8.00. The number of carboxylic acids is 2. The zero-order valence-electron chi connectivity index (χ0n) is 22.7. The zero-order chi connectivity index (χ0) is 31.9. The van der Waals surface area contributed by atoms with Gasteiger partial charge in [-0.2, -0.15) is 4.57 Å². The number of halogens is 1. The Morgan fingerprint density at radius 2 is 2.07 bits per heavy atom. The first-order valence-corrected chi connectivity index (χ1v) is 15.0. The lowest BCUT2D eigenvalue weighted by atomic mass is 10.0. The highest BCUT2D eigenvalue weighted by Crippen LogP contribution is 2.40. The number of nitrogens with two attached hydrogens (primary N) is 2. The maximum absolute atomic E-state index is 13.3. The number of oxime groups is 1. The van der Waals surface area contributed by atoms with Gasteiger partial charge in [0.2, 0.25) is 17.5 Å². The average molecular weight is 664 g/mol. The van der Waals surface area contributed by atoms with E-state index in [1.165, 1.54) is 18.7 Å². The van der Waals surface area contributed by atoms with Crippen LogP contribution < -0.4 is 21.4 Å². The van der Waals surface area contributed by atoms with E-state index in [4.69, 9.17) is 33.0 Å². The summed E-state index contributed by atoms with van der Waals surface area (Å²) in [4.78, 5) is 71.6. The lowest BCUT2D eigenvalue weighted by molar-refractivity contribution is -0.663. The molecule has 1 fully saturated rings. The number of nitrogen functional groups attached to an aromatic ring is 1. The van der Waals surface area contributed by atoms with Crippen LogP contribution in [0, 0.1) is 0 Å². The minimum atomic E-state index is -1.42. The minimum absolute atomic E-state index is 0.00674. The van der Waals surface area contributed by atoms with E-state index in [0.717, 1.165) is 21.8 Å². The average Bonchev–Trinajstić information content (AvgIpc) is 3.52. The normalized spacial score (nSPS) is 18.9. The van der Waals surface area contributed by atoms with Crippen LogP contribution in [0.1, 0.15) is 12.6 Å². The van der Waals surface area contributed by atoms with Gasteiger partial charge >= 0.3 is 11.9 Å². The molecule has 19 heteroatoms. The fourth-order valence-electron chi connectivity index (χ4n) is 4.71. The van der Waals surface area contributed by atoms with Crippen molar-refractivity contribution in [1.29, 1.82) is 0 Å². The third-order valence-corrected chi connectivity index (χ3v) is 9.15. The summed E-state index contributed by atoms with van der Waals surface area (Å²) < 4.78 is 3.46. The predicted octanol–water partition coefficient (Wildman–Crippen LogP) is -0.261. The maximum Gasteiger partial charge on any atom is 0.352 e. The topological polar surface area (TPSA) is 236 Å². The number of amides is 3. The van der Waals surface area contributed by atoms with Crippen LogP contribution in [0.3, 0.4) is 0 Å². The number of primary amides is 1. The predicted molar refractivity (Wildman–Crippen MR) is 157 cm³/mol. The summed E-state index contributed by atoms with van der Waals surface area (Å²) in [6.45, 7) is 1.31. The first-order valence-electron chi connectivity index (χ1n) is 12.7. The van der Waals surface area contributed by atoms with E-state index in [1.807, 2.05) is 0 Å². The van der Waals surface area contributed by atoms with Gasteiger partial charge in [0, 0.05) is 29.7 Å². The second-order valence-electron chi connectivity index (χ2n) is 9.63. The quantitative estimate of drug-likeness (QED) is 0.0775. The fourth-order valence-corrected chi connectivity index (χ4v) is 6.98. The number of carbonyl (C=O) groups is 5. The van der Waals surface area contributed by atoms with Gasteiger partial charge in [-0.3, -0.25) is 19.3 Å². The van der Waals surface area contributed by atoms with E-state index in [1.54, 1.807) is 39.7 Å². The zero-order valence-corrected chi connectivity index (χ0v) is 25.1. The fraction of sp³-hybridized carbons (Fsp3) is 0.280. The molecule has 5 rings (SSSR count). The molecule has 3 aromatic rings. The number of aliphatic carboxylic acids is 2. The number of pyridine rings is 1. The lowest BCUT2D eigenvalue weighted by Gasteiger charge is -2.49. The molecule has 0 unspecified atom stereocenters. The van der Waals surface area contributed by atoms with Gasteiger partial charge in [0.1, 0.15) is 39.2 Å². The Labute approximate surface area is 260 Å². The number of aromatic nitrogens is 3. The van der Waals surface area contributed by atoms with E-state index in [0.29, 0.717) is 11.1 Å². The molecule has 7 N–H and O–H groups in total. The van der Waals surface area contributed by atoms with Crippen LogP contribution in [-0.2, 0) is 41.9 Å². The molecule has 5 heterocycles. The molecule has 16 nitrogen and oxygen atoms in total. The Morgan fingerprint density at radius 3 is 2.70 bits per heavy atom. The molecule has 44 heavy (non-hydrogen) atoms. The highest BCUT2D eigenvalue weighted by atomic mass is 35.5. The second kappa shape index (κ2) is 12.1. The number of thiazole rings is 1. The van der Waals surface area contributed by atoms with Crippen molar-refractivity contribution in [3.8, 4) is 0 Å². The molecule has 3 aromatic heterocycles. The number of β-lactam (4-membered cyclic amide) rings is 1. The van der Waals surface area contributed by atoms with Crippen molar-refractivity contribution >= 4 is 86.2 Å². The molecular weight excluding hydrogens is 640 g/mol. The number of nitrogens with one attached hydrogen (secondary N) is 1. The van der Waals surface area contributed by atoms with E-state index < -0.39 is 52.9 Å². The summed E-state index contributed by atoms with van der Waals surface area (Å²) in [7, 11) is 0. The summed E-state index contributed by atoms with van der Waals surface area (Å²) in [6, 6.07) is 4.19. The summed E-state index contributed by atoms with van der Waals surface area (Å²) in [5, 5.41) is 24.6. The Bertz CT molecular complexity index is 1790. The van der Waals surface area contributed by atoms with E-state index >= 15 is 0 Å². The Hall–Kier alpha value is -4.68. The van der Waals surface area contributed by atoms with Crippen molar-refractivity contribution in [2.45, 2.75) is 37.5 Å². The molecule has 0 spiro atoms. The van der Waals surface area contributed by atoms with Crippen molar-refractivity contribution < 1.29 is 43.6 Å². The lowest BCUT2D eigenvalue weighted by Crippen LogP contribution is -2.71. The molecule has 0 bridgehead atoms. The van der Waals surface area contributed by atoms with Crippen LogP contribution in [0.25, 0.3) is 11.0 Å². The number of nitrogens with zero attached hydrogens (tertiary/aromatic N) is 5. The van der Waals surface area contributed by atoms with Crippen LogP contribution in [-0.4, -0.2) is 83.3 Å². The monoisotopic (exact) mass is 663 g/mol. The summed E-state index contributed by atoms with van der Waals surface area (Å²) >= 11 is 8.25. The van der Waals surface area contributed by atoms with Crippen molar-refractivity contribution in [3.63, 3.8) is 0 Å². The number of thioether (sulfide) groups is 1. The number of carbonyl (C=O) groups excluding carboxylic acids is 3. The third kappa shape index (κ3) is 5.78. The van der Waals surface area contributed by atoms with Gasteiger partial charge in [0.05, 0.1) is 0 Å². The molecule has 230 valence electrons. The van der Waals surface area contributed by atoms with Gasteiger partial charge in [0.15, 0.2) is 23.6 Å². The van der Waals surface area contributed by atoms with Crippen LogP contribution >= 0.6 is 34.7 Å². The summed E-state index contributed by atoms with van der Waals surface area (Å²) in [6.07, 6.45) is 2.04. The van der Waals surface area contributed by atoms with Crippen molar-refractivity contribution in [1.82, 2.24) is 19.8 Å². The molecule has 0 saturated carbocycles. The van der Waals surface area contributed by atoms with Crippen molar-refractivity contribution in [3.05, 3.63) is 51.9 Å². The summed E-state index contributed by atoms with van der Waals surface area (Å²) in [5.74, 6) is -4.58. The second-order valence-corrected chi connectivity index (χ2v) is 12.4. The van der Waals surface area contributed by atoms with Gasteiger partial charge in [-0.1, -0.05) is 28.1 Å². The van der Waals surface area contributed by atoms with Crippen molar-refractivity contribution in [2.75, 3.05) is 11.5 Å². The van der Waals surface area contributed by atoms with E-state index in [-0.39, 0.29) is 39.7 Å². The van der Waals surface area contributed by atoms with Gasteiger partial charge in [-0.25, -0.2) is 14.6 Å². The largest absolute Gasteiger partial charge is 0.478 e. The Morgan fingerprint density at radius 1 is 1.32 bits per heavy atom. The third-order valence-electron chi connectivity index (χ3n) is 6.73.